The first-order valence-corrected chi connectivity index (χ1v) is 9.22. The summed E-state index contributed by atoms with van der Waals surface area (Å²) in [5.41, 5.74) is 1.15. The smallest absolute Gasteiger partial charge is 0.0295 e. The molecule has 0 aromatic heterocycles. The van der Waals surface area contributed by atoms with E-state index in [1.807, 2.05) is 0 Å². The molecule has 0 N–H and O–H groups in total. The third-order valence-electron chi connectivity index (χ3n) is 7.74. The van der Waals surface area contributed by atoms with Crippen LogP contribution in [0.1, 0.15) is 87.0 Å². The molecule has 2 fully saturated rings. The molecule has 0 amide bonds. The van der Waals surface area contributed by atoms with Crippen LogP contribution in [0.2, 0.25) is 0 Å². The molecule has 0 radical (unpaired) electrons. The fraction of sp³-hybridized carbons (Fsp3) is 1.00. The Morgan fingerprint density at radius 2 is 1.70 bits per heavy atom. The van der Waals surface area contributed by atoms with Crippen LogP contribution >= 0.6 is 0 Å². The Kier molecular flexibility index (Phi) is 4.63. The summed E-state index contributed by atoms with van der Waals surface area (Å²) in [6.07, 6.45) is 8.73. The maximum absolute atomic E-state index is 2.59. The van der Waals surface area contributed by atoms with E-state index in [2.05, 4.69) is 48.5 Å². The van der Waals surface area contributed by atoms with Crippen molar-refractivity contribution < 1.29 is 0 Å². The molecule has 0 heterocycles. The maximum atomic E-state index is 2.59. The molecule has 2 rings (SSSR count). The molecule has 5 atom stereocenters. The van der Waals surface area contributed by atoms with E-state index in [4.69, 9.17) is 0 Å². The molecule has 0 heteroatoms. The van der Waals surface area contributed by atoms with Crippen LogP contribution in [0.4, 0.5) is 0 Å². The zero-order valence-corrected chi connectivity index (χ0v) is 15.1. The topological polar surface area (TPSA) is 0 Å². The van der Waals surface area contributed by atoms with Crippen molar-refractivity contribution >= 4 is 0 Å². The van der Waals surface area contributed by atoms with Gasteiger partial charge in [0.05, 0.1) is 0 Å². The van der Waals surface area contributed by atoms with Gasteiger partial charge in [-0.2, -0.15) is 0 Å². The summed E-state index contributed by atoms with van der Waals surface area (Å²) in [5, 5.41) is 0. The largest absolute Gasteiger partial charge is 0.0649 e. The van der Waals surface area contributed by atoms with Gasteiger partial charge in [0.25, 0.3) is 0 Å². The van der Waals surface area contributed by atoms with Gasteiger partial charge in [-0.05, 0) is 66.1 Å². The van der Waals surface area contributed by atoms with Crippen molar-refractivity contribution in [1.29, 1.82) is 0 Å². The summed E-state index contributed by atoms with van der Waals surface area (Å²) >= 11 is 0. The number of hydrogen-bond acceptors (Lipinski definition) is 0. The molecule has 0 aromatic carbocycles. The highest BCUT2D eigenvalue weighted by Gasteiger charge is 2.49. The van der Waals surface area contributed by atoms with Crippen LogP contribution in [-0.4, -0.2) is 0 Å². The molecule has 2 bridgehead atoms. The van der Waals surface area contributed by atoms with E-state index in [-0.39, 0.29) is 0 Å². The zero-order chi connectivity index (χ0) is 15.1. The third kappa shape index (κ3) is 2.69. The summed E-state index contributed by atoms with van der Waals surface area (Å²) in [7, 11) is 0. The van der Waals surface area contributed by atoms with Gasteiger partial charge in [0.15, 0.2) is 0 Å². The highest BCUT2D eigenvalue weighted by molar-refractivity contribution is 4.98. The molecular weight excluding hydrogens is 240 g/mol. The molecule has 2 aliphatic carbocycles. The highest BCUT2D eigenvalue weighted by atomic mass is 14.5. The van der Waals surface area contributed by atoms with Crippen molar-refractivity contribution in [3.8, 4) is 0 Å². The predicted molar refractivity (Wildman–Crippen MR) is 89.7 cm³/mol. The summed E-state index contributed by atoms with van der Waals surface area (Å²) in [6.45, 7) is 17.7. The van der Waals surface area contributed by atoms with Crippen molar-refractivity contribution in [3.63, 3.8) is 0 Å². The van der Waals surface area contributed by atoms with Crippen LogP contribution in [0, 0.1) is 40.4 Å². The molecule has 118 valence electrons. The van der Waals surface area contributed by atoms with E-state index in [1.54, 1.807) is 0 Å². The van der Waals surface area contributed by atoms with Gasteiger partial charge in [-0.15, -0.1) is 0 Å². The second kappa shape index (κ2) is 5.65. The minimum atomic E-state index is 0.569. The van der Waals surface area contributed by atoms with E-state index >= 15 is 0 Å². The number of fused-ring (bicyclic) bond motifs is 2. The van der Waals surface area contributed by atoms with Gasteiger partial charge >= 0.3 is 0 Å². The van der Waals surface area contributed by atoms with E-state index in [0.29, 0.717) is 10.8 Å². The molecule has 0 spiro atoms. The fourth-order valence-electron chi connectivity index (χ4n) is 5.93. The second-order valence-electron chi connectivity index (χ2n) is 9.31. The van der Waals surface area contributed by atoms with Crippen molar-refractivity contribution in [2.24, 2.45) is 40.4 Å². The van der Waals surface area contributed by atoms with Gasteiger partial charge in [0.1, 0.15) is 0 Å². The first-order chi connectivity index (χ1) is 9.22. The van der Waals surface area contributed by atoms with E-state index < -0.39 is 0 Å². The minimum absolute atomic E-state index is 0.569. The Morgan fingerprint density at radius 1 is 1.05 bits per heavy atom. The Morgan fingerprint density at radius 3 is 2.25 bits per heavy atom. The highest BCUT2D eigenvalue weighted by Crippen LogP contribution is 2.58. The molecule has 0 aromatic rings. The first kappa shape index (κ1) is 16.4. The summed E-state index contributed by atoms with van der Waals surface area (Å²) < 4.78 is 0. The lowest BCUT2D eigenvalue weighted by atomic mass is 9.50. The van der Waals surface area contributed by atoms with Gasteiger partial charge in [-0.3, -0.25) is 0 Å². The van der Waals surface area contributed by atoms with Crippen LogP contribution in [0.25, 0.3) is 0 Å². The van der Waals surface area contributed by atoms with E-state index in [0.717, 1.165) is 29.6 Å². The Bertz CT molecular complexity index is 327. The van der Waals surface area contributed by atoms with Gasteiger partial charge < -0.3 is 0 Å². The van der Waals surface area contributed by atoms with Gasteiger partial charge in [0.2, 0.25) is 0 Å². The van der Waals surface area contributed by atoms with E-state index in [1.165, 1.54) is 38.5 Å². The van der Waals surface area contributed by atoms with Gasteiger partial charge in [-0.25, -0.2) is 0 Å². The van der Waals surface area contributed by atoms with Gasteiger partial charge in [-0.1, -0.05) is 61.3 Å². The van der Waals surface area contributed by atoms with E-state index in [9.17, 15) is 0 Å². The summed E-state index contributed by atoms with van der Waals surface area (Å²) in [6, 6.07) is 0. The molecule has 2 aliphatic rings. The SMILES string of the molecule is CCC1(C)CCC2C(C)CCC(CC1C(C)C)C2(C)C. The molecular formula is C20H38. The summed E-state index contributed by atoms with van der Waals surface area (Å²) in [5.74, 6) is 4.62. The average Bonchev–Trinajstić information content (AvgIpc) is 2.35. The molecule has 2 saturated carbocycles. The van der Waals surface area contributed by atoms with Crippen molar-refractivity contribution in [1.82, 2.24) is 0 Å². The average molecular weight is 279 g/mol. The minimum Gasteiger partial charge on any atom is -0.0649 e. The lowest BCUT2D eigenvalue weighted by Crippen LogP contribution is -2.46. The summed E-state index contributed by atoms with van der Waals surface area (Å²) in [4.78, 5) is 0. The quantitative estimate of drug-likeness (QED) is 0.537. The molecule has 5 unspecified atom stereocenters. The van der Waals surface area contributed by atoms with Crippen LogP contribution in [-0.2, 0) is 0 Å². The molecule has 0 nitrogen and oxygen atoms in total. The number of rotatable bonds is 2. The Hall–Kier alpha value is 0. The normalized spacial score (nSPS) is 45.0. The lowest BCUT2D eigenvalue weighted by molar-refractivity contribution is -0.0549. The van der Waals surface area contributed by atoms with Crippen molar-refractivity contribution in [3.05, 3.63) is 0 Å². The standard InChI is InChI=1S/C20H38/c1-8-20(7)12-11-17-15(4)9-10-16(19(17,5)6)13-18(20)14(2)3/h14-18H,8-13H2,1-7H3. The Balaban J connectivity index is 2.33. The molecule has 0 aliphatic heterocycles. The van der Waals surface area contributed by atoms with Crippen LogP contribution in [0.3, 0.4) is 0 Å². The fourth-order valence-corrected chi connectivity index (χ4v) is 5.93. The number of hydrogen-bond donors (Lipinski definition) is 0. The molecule has 20 heavy (non-hydrogen) atoms. The maximum Gasteiger partial charge on any atom is -0.0295 e. The van der Waals surface area contributed by atoms with Crippen molar-refractivity contribution in [2.45, 2.75) is 87.0 Å². The third-order valence-corrected chi connectivity index (χ3v) is 7.74. The molecule has 0 saturated heterocycles. The van der Waals surface area contributed by atoms with Crippen molar-refractivity contribution in [2.75, 3.05) is 0 Å². The Labute approximate surface area is 128 Å². The zero-order valence-electron chi connectivity index (χ0n) is 15.1. The monoisotopic (exact) mass is 278 g/mol. The van der Waals surface area contributed by atoms with Crippen LogP contribution < -0.4 is 0 Å². The van der Waals surface area contributed by atoms with Gasteiger partial charge in [0, 0.05) is 0 Å². The second-order valence-corrected chi connectivity index (χ2v) is 9.31. The van der Waals surface area contributed by atoms with Crippen LogP contribution in [0.5, 0.6) is 0 Å². The van der Waals surface area contributed by atoms with Crippen LogP contribution in [0.15, 0.2) is 0 Å². The first-order valence-electron chi connectivity index (χ1n) is 9.22. The predicted octanol–water partition coefficient (Wildman–Crippen LogP) is 6.55. The lowest BCUT2D eigenvalue weighted by Gasteiger charge is -2.55.